The van der Waals surface area contributed by atoms with Crippen molar-refractivity contribution in [2.24, 2.45) is 5.10 Å². The largest absolute Gasteiger partial charge is 0.372 e. The first-order chi connectivity index (χ1) is 10.6. The number of nitrogens with one attached hydrogen (secondary N) is 1. The third kappa shape index (κ3) is 4.18. The summed E-state index contributed by atoms with van der Waals surface area (Å²) in [6, 6.07) is 11.6. The first-order valence-electron chi connectivity index (χ1n) is 7.39. The van der Waals surface area contributed by atoms with E-state index in [4.69, 9.17) is 0 Å². The summed E-state index contributed by atoms with van der Waals surface area (Å²) in [5.41, 5.74) is 4.29. The van der Waals surface area contributed by atoms with Gasteiger partial charge in [0.1, 0.15) is 0 Å². The molecule has 0 aliphatic heterocycles. The van der Waals surface area contributed by atoms with Crippen LogP contribution in [-0.2, 0) is 0 Å². The third-order valence-corrected chi connectivity index (χ3v) is 4.31. The molecule has 0 radical (unpaired) electrons. The lowest BCUT2D eigenvalue weighted by Gasteiger charge is -2.20. The minimum Gasteiger partial charge on any atom is -0.372 e. The van der Waals surface area contributed by atoms with Gasteiger partial charge in [-0.1, -0.05) is 0 Å². The molecule has 4 nitrogen and oxygen atoms in total. The number of nitrogens with zero attached hydrogens (tertiary/aromatic N) is 2. The number of hydrogen-bond acceptors (Lipinski definition) is 4. The van der Waals surface area contributed by atoms with Crippen LogP contribution in [0.3, 0.4) is 0 Å². The van der Waals surface area contributed by atoms with E-state index in [1.165, 1.54) is 4.88 Å². The maximum Gasteiger partial charge on any atom is 0.271 e. The first-order valence-corrected chi connectivity index (χ1v) is 8.20. The minimum absolute atomic E-state index is 0.198. The normalized spacial score (nSPS) is 10.9. The number of carbonyl (C=O) groups excluding carboxylic acids is 1. The zero-order valence-electron chi connectivity index (χ0n) is 13.2. The molecule has 0 atom stereocenters. The van der Waals surface area contributed by atoms with Crippen LogP contribution in [0.15, 0.2) is 41.5 Å². The Bertz CT molecular complexity index is 642. The smallest absolute Gasteiger partial charge is 0.271 e. The van der Waals surface area contributed by atoms with Crippen molar-refractivity contribution in [3.63, 3.8) is 0 Å². The molecule has 0 saturated heterocycles. The highest BCUT2D eigenvalue weighted by Crippen LogP contribution is 2.15. The Balaban J connectivity index is 1.96. The lowest BCUT2D eigenvalue weighted by atomic mass is 10.2. The standard InChI is InChI=1S/C17H21N3OS/c1-4-20(5-2)15-9-7-14(8-10-15)17(21)19-18-12-16-11-6-13(3)22-16/h6-12H,4-5H2,1-3H3,(H,19,21)/b18-12-. The summed E-state index contributed by atoms with van der Waals surface area (Å²) in [5, 5.41) is 4.00. The molecule has 1 aromatic carbocycles. The van der Waals surface area contributed by atoms with Gasteiger partial charge in [-0.25, -0.2) is 5.43 Å². The average Bonchev–Trinajstić information content (AvgIpc) is 2.94. The highest BCUT2D eigenvalue weighted by Gasteiger charge is 2.06. The summed E-state index contributed by atoms with van der Waals surface area (Å²) in [6.45, 7) is 8.17. The van der Waals surface area contributed by atoms with E-state index >= 15 is 0 Å². The molecule has 0 fully saturated rings. The van der Waals surface area contributed by atoms with Crippen LogP contribution >= 0.6 is 11.3 Å². The number of aryl methyl sites for hydroxylation is 1. The van der Waals surface area contributed by atoms with E-state index in [9.17, 15) is 4.79 Å². The van der Waals surface area contributed by atoms with Crippen LogP contribution in [0.2, 0.25) is 0 Å². The van der Waals surface area contributed by atoms with E-state index < -0.39 is 0 Å². The van der Waals surface area contributed by atoms with E-state index in [1.807, 2.05) is 43.3 Å². The Kier molecular flexibility index (Phi) is 5.72. The molecule has 0 bridgehead atoms. The van der Waals surface area contributed by atoms with Gasteiger partial charge in [0.25, 0.3) is 5.91 Å². The van der Waals surface area contributed by atoms with Crippen molar-refractivity contribution in [2.75, 3.05) is 18.0 Å². The van der Waals surface area contributed by atoms with Gasteiger partial charge in [0.2, 0.25) is 0 Å². The molecule has 0 aliphatic rings. The van der Waals surface area contributed by atoms with Crippen molar-refractivity contribution < 1.29 is 4.79 Å². The molecule has 0 aliphatic carbocycles. The predicted molar refractivity (Wildman–Crippen MR) is 94.1 cm³/mol. The number of rotatable bonds is 6. The van der Waals surface area contributed by atoms with Crippen molar-refractivity contribution >= 4 is 29.1 Å². The van der Waals surface area contributed by atoms with Crippen LogP contribution in [0, 0.1) is 6.92 Å². The van der Waals surface area contributed by atoms with E-state index in [1.54, 1.807) is 17.6 Å². The van der Waals surface area contributed by atoms with Gasteiger partial charge in [0, 0.05) is 34.1 Å². The number of hydrazone groups is 1. The number of thiophene rings is 1. The third-order valence-electron chi connectivity index (χ3n) is 3.38. The van der Waals surface area contributed by atoms with Gasteiger partial charge >= 0.3 is 0 Å². The summed E-state index contributed by atoms with van der Waals surface area (Å²) >= 11 is 1.64. The summed E-state index contributed by atoms with van der Waals surface area (Å²) in [4.78, 5) is 16.5. The molecule has 2 aromatic rings. The second kappa shape index (κ2) is 7.75. The molecule has 1 aromatic heterocycles. The highest BCUT2D eigenvalue weighted by molar-refractivity contribution is 7.13. The first kappa shape index (κ1) is 16.2. The molecular formula is C17H21N3OS. The van der Waals surface area contributed by atoms with Crippen LogP contribution in [-0.4, -0.2) is 25.2 Å². The van der Waals surface area contributed by atoms with E-state index in [-0.39, 0.29) is 5.91 Å². The Morgan fingerprint density at radius 2 is 1.86 bits per heavy atom. The average molecular weight is 315 g/mol. The number of amides is 1. The molecule has 5 heteroatoms. The lowest BCUT2D eigenvalue weighted by molar-refractivity contribution is 0.0955. The Morgan fingerprint density at radius 3 is 2.41 bits per heavy atom. The summed E-state index contributed by atoms with van der Waals surface area (Å²) in [6.07, 6.45) is 1.67. The van der Waals surface area contributed by atoms with E-state index in [0.29, 0.717) is 5.56 Å². The van der Waals surface area contributed by atoms with Gasteiger partial charge in [-0.15, -0.1) is 11.3 Å². The number of hydrogen-bond donors (Lipinski definition) is 1. The van der Waals surface area contributed by atoms with Crippen LogP contribution < -0.4 is 10.3 Å². The Hall–Kier alpha value is -2.14. The van der Waals surface area contributed by atoms with Crippen LogP contribution in [0.1, 0.15) is 34.0 Å². The molecule has 116 valence electrons. The fourth-order valence-electron chi connectivity index (χ4n) is 2.15. The maximum atomic E-state index is 12.0. The van der Waals surface area contributed by atoms with Crippen LogP contribution in [0.25, 0.3) is 0 Å². The van der Waals surface area contributed by atoms with Crippen molar-refractivity contribution in [1.29, 1.82) is 0 Å². The molecule has 1 N–H and O–H groups in total. The summed E-state index contributed by atoms with van der Waals surface area (Å²) < 4.78 is 0. The summed E-state index contributed by atoms with van der Waals surface area (Å²) in [5.74, 6) is -0.198. The van der Waals surface area contributed by atoms with Crippen molar-refractivity contribution in [3.05, 3.63) is 51.7 Å². The number of anilines is 1. The van der Waals surface area contributed by atoms with Crippen molar-refractivity contribution in [3.8, 4) is 0 Å². The van der Waals surface area contributed by atoms with Crippen molar-refractivity contribution in [2.45, 2.75) is 20.8 Å². The van der Waals surface area contributed by atoms with Gasteiger partial charge in [-0.2, -0.15) is 5.10 Å². The van der Waals surface area contributed by atoms with Crippen LogP contribution in [0.4, 0.5) is 5.69 Å². The van der Waals surface area contributed by atoms with Gasteiger partial charge in [-0.05, 0) is 57.2 Å². The molecule has 2 rings (SSSR count). The predicted octanol–water partition coefficient (Wildman–Crippen LogP) is 3.67. The molecule has 0 spiro atoms. The summed E-state index contributed by atoms with van der Waals surface area (Å²) in [7, 11) is 0. The van der Waals surface area contributed by atoms with Gasteiger partial charge in [0.15, 0.2) is 0 Å². The van der Waals surface area contributed by atoms with E-state index in [0.717, 1.165) is 23.7 Å². The topological polar surface area (TPSA) is 44.7 Å². The SMILES string of the molecule is CCN(CC)c1ccc(C(=O)N/N=C\c2ccc(C)s2)cc1. The Morgan fingerprint density at radius 1 is 1.18 bits per heavy atom. The fourth-order valence-corrected chi connectivity index (χ4v) is 2.90. The lowest BCUT2D eigenvalue weighted by Crippen LogP contribution is -2.22. The highest BCUT2D eigenvalue weighted by atomic mass is 32.1. The molecule has 22 heavy (non-hydrogen) atoms. The maximum absolute atomic E-state index is 12.0. The molecule has 1 heterocycles. The van der Waals surface area contributed by atoms with E-state index in [2.05, 4.69) is 29.3 Å². The van der Waals surface area contributed by atoms with Gasteiger partial charge < -0.3 is 4.90 Å². The Labute approximate surface area is 135 Å². The molecule has 0 saturated carbocycles. The number of carbonyl (C=O) groups is 1. The van der Waals surface area contributed by atoms with Gasteiger partial charge in [0.05, 0.1) is 6.21 Å². The van der Waals surface area contributed by atoms with Crippen LogP contribution in [0.5, 0.6) is 0 Å². The van der Waals surface area contributed by atoms with Crippen molar-refractivity contribution in [1.82, 2.24) is 5.43 Å². The zero-order chi connectivity index (χ0) is 15.9. The molecule has 0 unspecified atom stereocenters. The fraction of sp³-hybridized carbons (Fsp3) is 0.294. The molecule has 1 amide bonds. The zero-order valence-corrected chi connectivity index (χ0v) is 14.0. The molecular weight excluding hydrogens is 294 g/mol. The quantitative estimate of drug-likeness (QED) is 0.653. The second-order valence-corrected chi connectivity index (χ2v) is 6.19. The van der Waals surface area contributed by atoms with Gasteiger partial charge in [-0.3, -0.25) is 4.79 Å². The monoisotopic (exact) mass is 315 g/mol. The number of benzene rings is 1. The second-order valence-electron chi connectivity index (χ2n) is 4.87. The minimum atomic E-state index is -0.198.